The molecule has 5 heteroatoms. The fourth-order valence-corrected chi connectivity index (χ4v) is 1.69. The fourth-order valence-electron chi connectivity index (χ4n) is 1.69. The van der Waals surface area contributed by atoms with Gasteiger partial charge in [0.1, 0.15) is 5.82 Å². The number of aryl methyl sites for hydroxylation is 2. The summed E-state index contributed by atoms with van der Waals surface area (Å²) in [5.41, 5.74) is 3.17. The van der Waals surface area contributed by atoms with E-state index in [4.69, 9.17) is 0 Å². The number of rotatable bonds is 3. The van der Waals surface area contributed by atoms with Crippen molar-refractivity contribution in [1.82, 2.24) is 4.98 Å². The van der Waals surface area contributed by atoms with Crippen LogP contribution in [0.5, 0.6) is 0 Å². The predicted octanol–water partition coefficient (Wildman–Crippen LogP) is 3.35. The van der Waals surface area contributed by atoms with Gasteiger partial charge in [0.05, 0.1) is 11.0 Å². The number of hydrogen-bond acceptors (Lipinski definition) is 4. The van der Waals surface area contributed by atoms with Crippen LogP contribution in [0.15, 0.2) is 36.5 Å². The van der Waals surface area contributed by atoms with Crippen molar-refractivity contribution in [2.45, 2.75) is 13.8 Å². The summed E-state index contributed by atoms with van der Waals surface area (Å²) in [4.78, 5) is 14.3. The molecule has 1 N–H and O–H groups in total. The molecule has 0 amide bonds. The van der Waals surface area contributed by atoms with E-state index in [0.717, 1.165) is 11.3 Å². The third kappa shape index (κ3) is 2.63. The Morgan fingerprint density at radius 3 is 2.67 bits per heavy atom. The third-order valence-corrected chi connectivity index (χ3v) is 2.60. The fraction of sp³-hybridized carbons (Fsp3) is 0.154. The Balaban J connectivity index is 2.28. The van der Waals surface area contributed by atoms with E-state index < -0.39 is 4.92 Å². The van der Waals surface area contributed by atoms with Gasteiger partial charge in [-0.3, -0.25) is 10.1 Å². The topological polar surface area (TPSA) is 68.1 Å². The first kappa shape index (κ1) is 12.0. The normalized spacial score (nSPS) is 10.1. The van der Waals surface area contributed by atoms with Gasteiger partial charge in [-0.05, 0) is 25.5 Å². The van der Waals surface area contributed by atoms with Crippen molar-refractivity contribution < 1.29 is 4.92 Å². The molecule has 0 saturated heterocycles. The van der Waals surface area contributed by atoms with E-state index in [1.807, 2.05) is 32.0 Å². The predicted molar refractivity (Wildman–Crippen MR) is 70.1 cm³/mol. The highest BCUT2D eigenvalue weighted by Crippen LogP contribution is 2.22. The molecular formula is C13H13N3O2. The number of nitrogens with zero attached hydrogens (tertiary/aromatic N) is 2. The number of anilines is 2. The Morgan fingerprint density at radius 2 is 2.00 bits per heavy atom. The zero-order valence-corrected chi connectivity index (χ0v) is 10.2. The second-order valence-corrected chi connectivity index (χ2v) is 4.10. The van der Waals surface area contributed by atoms with Crippen LogP contribution in [0, 0.1) is 24.0 Å². The highest BCUT2D eigenvalue weighted by atomic mass is 16.6. The van der Waals surface area contributed by atoms with Gasteiger partial charge < -0.3 is 5.32 Å². The van der Waals surface area contributed by atoms with Gasteiger partial charge in [-0.1, -0.05) is 17.7 Å². The molecule has 0 spiro atoms. The maximum absolute atomic E-state index is 10.7. The second kappa shape index (κ2) is 4.83. The van der Waals surface area contributed by atoms with E-state index in [2.05, 4.69) is 10.3 Å². The molecule has 0 saturated carbocycles. The minimum absolute atomic E-state index is 0.0252. The summed E-state index contributed by atoms with van der Waals surface area (Å²) in [6, 6.07) is 8.74. The van der Waals surface area contributed by atoms with Crippen LogP contribution in [0.25, 0.3) is 0 Å². The first-order valence-corrected chi connectivity index (χ1v) is 5.51. The molecule has 1 aromatic carbocycles. The Kier molecular flexibility index (Phi) is 3.23. The van der Waals surface area contributed by atoms with Crippen LogP contribution in [0.1, 0.15) is 11.1 Å². The lowest BCUT2D eigenvalue weighted by atomic mass is 10.1. The van der Waals surface area contributed by atoms with E-state index in [0.29, 0.717) is 5.82 Å². The standard InChI is InChI=1S/C13H13N3O2/c1-9-3-4-12(10(2)7-9)15-13-8-11(16(17)18)5-6-14-13/h3-8H,1-2H3,(H,14,15). The summed E-state index contributed by atoms with van der Waals surface area (Å²) in [5.74, 6) is 0.469. The molecule has 0 fully saturated rings. The Morgan fingerprint density at radius 1 is 1.22 bits per heavy atom. The number of nitro groups is 1. The van der Waals surface area contributed by atoms with Gasteiger partial charge in [0.2, 0.25) is 0 Å². The third-order valence-electron chi connectivity index (χ3n) is 2.60. The summed E-state index contributed by atoms with van der Waals surface area (Å²) in [7, 11) is 0. The van der Waals surface area contributed by atoms with Crippen molar-refractivity contribution in [3.63, 3.8) is 0 Å². The SMILES string of the molecule is Cc1ccc(Nc2cc([N+](=O)[O-])ccn2)c(C)c1. The largest absolute Gasteiger partial charge is 0.340 e. The van der Waals surface area contributed by atoms with Gasteiger partial charge in [-0.15, -0.1) is 0 Å². The molecule has 2 aromatic rings. The number of aromatic nitrogens is 1. The molecule has 0 aliphatic carbocycles. The molecule has 0 atom stereocenters. The molecule has 0 aliphatic rings. The quantitative estimate of drug-likeness (QED) is 0.663. The van der Waals surface area contributed by atoms with Crippen molar-refractivity contribution in [1.29, 1.82) is 0 Å². The van der Waals surface area contributed by atoms with Crippen LogP contribution in [0.3, 0.4) is 0 Å². The minimum atomic E-state index is -0.436. The monoisotopic (exact) mass is 243 g/mol. The van der Waals surface area contributed by atoms with Crippen LogP contribution in [-0.4, -0.2) is 9.91 Å². The summed E-state index contributed by atoms with van der Waals surface area (Å²) in [6.45, 7) is 4.00. The lowest BCUT2D eigenvalue weighted by molar-refractivity contribution is -0.384. The molecule has 0 unspecified atom stereocenters. The zero-order chi connectivity index (χ0) is 13.1. The van der Waals surface area contributed by atoms with Gasteiger partial charge in [0, 0.05) is 18.0 Å². The maximum Gasteiger partial charge on any atom is 0.274 e. The molecule has 0 bridgehead atoms. The van der Waals surface area contributed by atoms with E-state index in [-0.39, 0.29) is 5.69 Å². The van der Waals surface area contributed by atoms with Crippen LogP contribution in [0.4, 0.5) is 17.2 Å². The zero-order valence-electron chi connectivity index (χ0n) is 10.2. The highest BCUT2D eigenvalue weighted by molar-refractivity contribution is 5.62. The van der Waals surface area contributed by atoms with Crippen LogP contribution in [0.2, 0.25) is 0 Å². The molecule has 1 aromatic heterocycles. The number of hydrogen-bond donors (Lipinski definition) is 1. The molecular weight excluding hydrogens is 230 g/mol. The average molecular weight is 243 g/mol. The smallest absolute Gasteiger partial charge is 0.274 e. The molecule has 92 valence electrons. The van der Waals surface area contributed by atoms with Crippen molar-refractivity contribution in [3.8, 4) is 0 Å². The van der Waals surface area contributed by atoms with Gasteiger partial charge >= 0.3 is 0 Å². The lowest BCUT2D eigenvalue weighted by Gasteiger charge is -2.09. The number of benzene rings is 1. The highest BCUT2D eigenvalue weighted by Gasteiger charge is 2.07. The van der Waals surface area contributed by atoms with Crippen LogP contribution in [-0.2, 0) is 0 Å². The average Bonchev–Trinajstić information content (AvgIpc) is 2.33. The van der Waals surface area contributed by atoms with Crippen LogP contribution >= 0.6 is 0 Å². The van der Waals surface area contributed by atoms with Gasteiger partial charge in [0.15, 0.2) is 0 Å². The van der Waals surface area contributed by atoms with Gasteiger partial charge in [-0.25, -0.2) is 4.98 Å². The Bertz CT molecular complexity index is 597. The summed E-state index contributed by atoms with van der Waals surface area (Å²) >= 11 is 0. The number of pyridine rings is 1. The van der Waals surface area contributed by atoms with Crippen molar-refractivity contribution >= 4 is 17.2 Å². The first-order valence-electron chi connectivity index (χ1n) is 5.51. The molecule has 18 heavy (non-hydrogen) atoms. The van der Waals surface area contributed by atoms with Crippen molar-refractivity contribution in [3.05, 3.63) is 57.8 Å². The maximum atomic E-state index is 10.7. The minimum Gasteiger partial charge on any atom is -0.340 e. The van der Waals surface area contributed by atoms with E-state index in [9.17, 15) is 10.1 Å². The molecule has 1 heterocycles. The molecule has 0 radical (unpaired) electrons. The van der Waals surface area contributed by atoms with Gasteiger partial charge in [-0.2, -0.15) is 0 Å². The summed E-state index contributed by atoms with van der Waals surface area (Å²) < 4.78 is 0. The molecule has 2 rings (SSSR count). The lowest BCUT2D eigenvalue weighted by Crippen LogP contribution is -1.97. The van der Waals surface area contributed by atoms with Gasteiger partial charge in [0.25, 0.3) is 5.69 Å². The van der Waals surface area contributed by atoms with Crippen LogP contribution < -0.4 is 5.32 Å². The second-order valence-electron chi connectivity index (χ2n) is 4.10. The Labute approximate surface area is 105 Å². The summed E-state index contributed by atoms with van der Waals surface area (Å²) in [6.07, 6.45) is 1.42. The Hall–Kier alpha value is -2.43. The van der Waals surface area contributed by atoms with Crippen molar-refractivity contribution in [2.75, 3.05) is 5.32 Å². The first-order chi connectivity index (χ1) is 8.56. The van der Waals surface area contributed by atoms with Crippen molar-refractivity contribution in [2.24, 2.45) is 0 Å². The molecule has 0 aliphatic heterocycles. The van der Waals surface area contributed by atoms with E-state index >= 15 is 0 Å². The number of nitrogens with one attached hydrogen (secondary N) is 1. The summed E-state index contributed by atoms with van der Waals surface area (Å²) in [5, 5.41) is 13.7. The molecule has 5 nitrogen and oxygen atoms in total. The van der Waals surface area contributed by atoms with E-state index in [1.165, 1.54) is 23.9 Å². The van der Waals surface area contributed by atoms with E-state index in [1.54, 1.807) is 0 Å².